The Balaban J connectivity index is 1.26. The van der Waals surface area contributed by atoms with Crippen LogP contribution in [0.15, 0.2) is 24.3 Å². The Hall–Kier alpha value is -1.53. The normalized spacial score (nSPS) is 30.8. The molecule has 1 aromatic rings. The van der Waals surface area contributed by atoms with E-state index in [0.29, 0.717) is 19.1 Å². The molecule has 1 aliphatic carbocycles. The van der Waals surface area contributed by atoms with Crippen LogP contribution in [0, 0.1) is 24.7 Å². The molecule has 0 spiro atoms. The molecule has 3 aliphatic rings. The van der Waals surface area contributed by atoms with Crippen molar-refractivity contribution in [1.82, 2.24) is 10.2 Å². The molecule has 1 saturated carbocycles. The number of nitrogens with zero attached hydrogens (tertiary/aromatic N) is 1. The first-order chi connectivity index (χ1) is 12.4. The molecule has 1 N–H and O–H groups in total. The lowest BCUT2D eigenvalue weighted by molar-refractivity contribution is -0.150. The number of halogens is 2. The largest absolute Gasteiger partial charge is 0.376 e. The van der Waals surface area contributed by atoms with Crippen LogP contribution in [0.3, 0.4) is 0 Å². The Bertz CT molecular complexity index is 674. The van der Waals surface area contributed by atoms with Crippen LogP contribution in [0.1, 0.15) is 24.0 Å². The second kappa shape index (κ2) is 6.89. The second-order valence-corrected chi connectivity index (χ2v) is 8.19. The van der Waals surface area contributed by atoms with Gasteiger partial charge in [0.05, 0.1) is 12.7 Å². The SMILES string of the molecule is Cc1cccc(CN2C[C@@H]3[C@@H](CNC(=O)C4CC(F)(F)C4)CO[C@@H]3C2)c1. The topological polar surface area (TPSA) is 41.6 Å². The molecule has 0 bridgehead atoms. The Morgan fingerprint density at radius 1 is 1.35 bits per heavy atom. The maximum atomic E-state index is 12.9. The molecule has 26 heavy (non-hydrogen) atoms. The fourth-order valence-electron chi connectivity index (χ4n) is 4.51. The van der Waals surface area contributed by atoms with Crippen LogP contribution in [0.4, 0.5) is 8.78 Å². The lowest BCUT2D eigenvalue weighted by Gasteiger charge is -2.34. The number of nitrogens with one attached hydrogen (secondary N) is 1. The van der Waals surface area contributed by atoms with Gasteiger partial charge in [-0.1, -0.05) is 29.8 Å². The van der Waals surface area contributed by atoms with E-state index in [1.807, 2.05) is 0 Å². The summed E-state index contributed by atoms with van der Waals surface area (Å²) >= 11 is 0. The van der Waals surface area contributed by atoms with Crippen LogP contribution in [0.5, 0.6) is 0 Å². The van der Waals surface area contributed by atoms with E-state index < -0.39 is 11.8 Å². The third kappa shape index (κ3) is 3.76. The Morgan fingerprint density at radius 2 is 2.15 bits per heavy atom. The first-order valence-corrected chi connectivity index (χ1v) is 9.45. The quantitative estimate of drug-likeness (QED) is 0.873. The molecule has 2 saturated heterocycles. The molecule has 4 nitrogen and oxygen atoms in total. The standard InChI is InChI=1S/C20H26F2N2O2/c1-13-3-2-4-14(5-13)9-24-10-17-16(12-26-18(17)11-24)8-23-19(25)15-6-20(21,22)7-15/h2-5,15-18H,6-12H2,1H3,(H,23,25)/t16-,17+,18+/m0/s1. The molecule has 3 fully saturated rings. The summed E-state index contributed by atoms with van der Waals surface area (Å²) in [6.07, 6.45) is -0.401. The van der Waals surface area contributed by atoms with Crippen LogP contribution in [0.25, 0.3) is 0 Å². The van der Waals surface area contributed by atoms with Crippen LogP contribution in [0.2, 0.25) is 0 Å². The molecular weight excluding hydrogens is 338 g/mol. The van der Waals surface area contributed by atoms with Crippen molar-refractivity contribution in [2.75, 3.05) is 26.2 Å². The van der Waals surface area contributed by atoms with Crippen molar-refractivity contribution < 1.29 is 18.3 Å². The van der Waals surface area contributed by atoms with Crippen LogP contribution in [-0.4, -0.2) is 49.1 Å². The summed E-state index contributed by atoms with van der Waals surface area (Å²) in [5.74, 6) is -2.72. The highest BCUT2D eigenvalue weighted by Crippen LogP contribution is 2.42. The van der Waals surface area contributed by atoms with Gasteiger partial charge in [0.15, 0.2) is 0 Å². The molecule has 0 radical (unpaired) electrons. The molecule has 2 aliphatic heterocycles. The monoisotopic (exact) mass is 364 g/mol. The highest BCUT2D eigenvalue weighted by atomic mass is 19.3. The van der Waals surface area contributed by atoms with E-state index in [4.69, 9.17) is 4.74 Å². The van der Waals surface area contributed by atoms with E-state index in [9.17, 15) is 13.6 Å². The van der Waals surface area contributed by atoms with Gasteiger partial charge in [0.2, 0.25) is 11.8 Å². The minimum Gasteiger partial charge on any atom is -0.376 e. The zero-order valence-electron chi connectivity index (χ0n) is 15.1. The van der Waals surface area contributed by atoms with Crippen LogP contribution in [-0.2, 0) is 16.1 Å². The van der Waals surface area contributed by atoms with E-state index >= 15 is 0 Å². The number of ether oxygens (including phenoxy) is 1. The second-order valence-electron chi connectivity index (χ2n) is 8.19. The molecule has 1 aromatic carbocycles. The lowest BCUT2D eigenvalue weighted by Crippen LogP contribution is -2.46. The number of fused-ring (bicyclic) bond motifs is 1. The van der Waals surface area contributed by atoms with Gasteiger partial charge >= 0.3 is 0 Å². The molecule has 4 rings (SSSR count). The lowest BCUT2D eigenvalue weighted by atomic mass is 9.80. The number of hydrogen-bond acceptors (Lipinski definition) is 3. The molecule has 1 amide bonds. The molecule has 3 atom stereocenters. The minimum absolute atomic E-state index is 0.217. The summed E-state index contributed by atoms with van der Waals surface area (Å²) in [5.41, 5.74) is 2.57. The zero-order chi connectivity index (χ0) is 18.3. The highest BCUT2D eigenvalue weighted by molar-refractivity contribution is 5.79. The van der Waals surface area contributed by atoms with E-state index in [1.54, 1.807) is 0 Å². The average Bonchev–Trinajstić information content (AvgIpc) is 3.10. The van der Waals surface area contributed by atoms with Crippen molar-refractivity contribution in [2.45, 2.75) is 38.3 Å². The third-order valence-electron chi connectivity index (χ3n) is 6.00. The molecule has 0 aromatic heterocycles. The van der Waals surface area contributed by atoms with Crippen LogP contribution >= 0.6 is 0 Å². The van der Waals surface area contributed by atoms with E-state index in [-0.39, 0.29) is 30.8 Å². The summed E-state index contributed by atoms with van der Waals surface area (Å²) in [6, 6.07) is 8.54. The fraction of sp³-hybridized carbons (Fsp3) is 0.650. The number of benzene rings is 1. The van der Waals surface area contributed by atoms with Gasteiger partial charge in [-0.05, 0) is 12.5 Å². The molecule has 0 unspecified atom stereocenters. The average molecular weight is 364 g/mol. The highest BCUT2D eigenvalue weighted by Gasteiger charge is 2.49. The number of carbonyl (C=O) groups excluding carboxylic acids is 1. The fourth-order valence-corrected chi connectivity index (χ4v) is 4.51. The molecule has 2 heterocycles. The predicted molar refractivity (Wildman–Crippen MR) is 93.9 cm³/mol. The number of rotatable bonds is 5. The molecule has 142 valence electrons. The Morgan fingerprint density at radius 3 is 2.88 bits per heavy atom. The Labute approximate surface area is 152 Å². The van der Waals surface area contributed by atoms with Crippen LogP contribution < -0.4 is 5.32 Å². The van der Waals surface area contributed by atoms with Crippen molar-refractivity contribution in [3.05, 3.63) is 35.4 Å². The number of hydrogen-bond donors (Lipinski definition) is 1. The zero-order valence-corrected chi connectivity index (χ0v) is 15.1. The number of carbonyl (C=O) groups is 1. The van der Waals surface area contributed by atoms with E-state index in [2.05, 4.69) is 41.4 Å². The minimum atomic E-state index is -2.65. The molecule has 6 heteroatoms. The Kier molecular flexibility index (Phi) is 4.73. The summed E-state index contributed by atoms with van der Waals surface area (Å²) in [7, 11) is 0. The molecular formula is C20H26F2N2O2. The number of likely N-dealkylation sites (tertiary alicyclic amines) is 1. The van der Waals surface area contributed by atoms with Gasteiger partial charge in [0.1, 0.15) is 0 Å². The summed E-state index contributed by atoms with van der Waals surface area (Å²) in [4.78, 5) is 14.4. The van der Waals surface area contributed by atoms with E-state index in [1.165, 1.54) is 11.1 Å². The van der Waals surface area contributed by atoms with E-state index in [0.717, 1.165) is 19.6 Å². The van der Waals surface area contributed by atoms with Gasteiger partial charge in [0.25, 0.3) is 0 Å². The third-order valence-corrected chi connectivity index (χ3v) is 6.00. The number of amides is 1. The summed E-state index contributed by atoms with van der Waals surface area (Å²) in [6.45, 7) is 6.06. The van der Waals surface area contributed by atoms with Crippen molar-refractivity contribution in [3.63, 3.8) is 0 Å². The van der Waals surface area contributed by atoms with Crippen molar-refractivity contribution in [3.8, 4) is 0 Å². The first kappa shape index (κ1) is 17.9. The van der Waals surface area contributed by atoms with Gasteiger partial charge < -0.3 is 10.1 Å². The van der Waals surface area contributed by atoms with Gasteiger partial charge in [0, 0.05) is 56.8 Å². The van der Waals surface area contributed by atoms with Gasteiger partial charge in [-0.15, -0.1) is 0 Å². The predicted octanol–water partition coefficient (Wildman–Crippen LogP) is 2.60. The smallest absolute Gasteiger partial charge is 0.249 e. The maximum Gasteiger partial charge on any atom is 0.249 e. The van der Waals surface area contributed by atoms with Crippen molar-refractivity contribution >= 4 is 5.91 Å². The first-order valence-electron chi connectivity index (χ1n) is 9.45. The summed E-state index contributed by atoms with van der Waals surface area (Å²) in [5, 5.41) is 2.88. The van der Waals surface area contributed by atoms with Gasteiger partial charge in [-0.25, -0.2) is 8.78 Å². The van der Waals surface area contributed by atoms with Crippen molar-refractivity contribution in [1.29, 1.82) is 0 Å². The van der Waals surface area contributed by atoms with Gasteiger partial charge in [-0.2, -0.15) is 0 Å². The maximum absolute atomic E-state index is 12.9. The number of aryl methyl sites for hydroxylation is 1. The summed E-state index contributed by atoms with van der Waals surface area (Å²) < 4.78 is 31.7. The van der Waals surface area contributed by atoms with Gasteiger partial charge in [-0.3, -0.25) is 9.69 Å². The number of alkyl halides is 2. The van der Waals surface area contributed by atoms with Crippen molar-refractivity contribution in [2.24, 2.45) is 17.8 Å².